The van der Waals surface area contributed by atoms with Gasteiger partial charge in [-0.2, -0.15) is 0 Å². The van der Waals surface area contributed by atoms with E-state index in [1.165, 1.54) is 10.9 Å². The van der Waals surface area contributed by atoms with Crippen LogP contribution in [0.4, 0.5) is 5.69 Å². The second kappa shape index (κ2) is 3.72. The Morgan fingerprint density at radius 3 is 3.00 bits per heavy atom. The zero-order valence-corrected chi connectivity index (χ0v) is 10.3. The van der Waals surface area contributed by atoms with Gasteiger partial charge in [0.05, 0.1) is 0 Å². The molecule has 0 amide bonds. The van der Waals surface area contributed by atoms with Gasteiger partial charge in [0.15, 0.2) is 0 Å². The summed E-state index contributed by atoms with van der Waals surface area (Å²) in [5, 5.41) is 2.34. The van der Waals surface area contributed by atoms with E-state index in [1.807, 2.05) is 30.3 Å². The fourth-order valence-electron chi connectivity index (χ4n) is 2.62. The number of nitrogen functional groups attached to an aromatic ring is 1. The predicted molar refractivity (Wildman–Crippen MR) is 75.5 cm³/mol. The van der Waals surface area contributed by atoms with Crippen LogP contribution in [0.15, 0.2) is 48.7 Å². The molecule has 0 spiro atoms. The first kappa shape index (κ1) is 10.4. The predicted octanol–water partition coefficient (Wildman–Crippen LogP) is 3.51. The van der Waals surface area contributed by atoms with Crippen molar-refractivity contribution >= 4 is 16.5 Å². The summed E-state index contributed by atoms with van der Waals surface area (Å²) >= 11 is 0. The minimum atomic E-state index is 0.713. The lowest BCUT2D eigenvalue weighted by Gasteiger charge is -2.20. The van der Waals surface area contributed by atoms with Crippen LogP contribution < -0.4 is 10.5 Å². The number of hydrogen-bond donors (Lipinski definition) is 1. The zero-order chi connectivity index (χ0) is 12.8. The molecule has 2 heterocycles. The SMILES string of the molecule is Nc1ccc2c3c(ccc2c1)Oc1ncccc1C3. The smallest absolute Gasteiger partial charge is 0.222 e. The van der Waals surface area contributed by atoms with Crippen molar-refractivity contribution in [3.8, 4) is 11.6 Å². The zero-order valence-electron chi connectivity index (χ0n) is 10.3. The Morgan fingerprint density at radius 2 is 2.05 bits per heavy atom. The van der Waals surface area contributed by atoms with Crippen molar-refractivity contribution in [2.45, 2.75) is 6.42 Å². The summed E-state index contributed by atoms with van der Waals surface area (Å²) in [5.74, 6) is 1.60. The normalized spacial score (nSPS) is 12.6. The van der Waals surface area contributed by atoms with Crippen LogP contribution in [0.25, 0.3) is 10.8 Å². The van der Waals surface area contributed by atoms with Gasteiger partial charge in [0, 0.05) is 29.4 Å². The van der Waals surface area contributed by atoms with Gasteiger partial charge in [0.1, 0.15) is 5.75 Å². The van der Waals surface area contributed by atoms with Gasteiger partial charge in [-0.05, 0) is 35.0 Å². The Bertz CT molecular complexity index is 796. The summed E-state index contributed by atoms with van der Waals surface area (Å²) in [6.45, 7) is 0. The third kappa shape index (κ3) is 1.55. The monoisotopic (exact) mass is 248 g/mol. The molecule has 92 valence electrons. The number of ether oxygens (including phenoxy) is 1. The Hall–Kier alpha value is -2.55. The number of benzene rings is 2. The molecule has 1 aliphatic heterocycles. The van der Waals surface area contributed by atoms with Crippen LogP contribution in [0, 0.1) is 0 Å². The molecule has 0 saturated heterocycles. The molecule has 1 aromatic heterocycles. The van der Waals surface area contributed by atoms with Crippen molar-refractivity contribution in [2.75, 3.05) is 5.73 Å². The van der Waals surface area contributed by atoms with E-state index in [0.29, 0.717) is 5.88 Å². The van der Waals surface area contributed by atoms with E-state index in [2.05, 4.69) is 17.1 Å². The van der Waals surface area contributed by atoms with Crippen molar-refractivity contribution in [1.82, 2.24) is 4.98 Å². The summed E-state index contributed by atoms with van der Waals surface area (Å²) in [7, 11) is 0. The minimum absolute atomic E-state index is 0.713. The Balaban J connectivity index is 1.96. The van der Waals surface area contributed by atoms with Gasteiger partial charge in [0.2, 0.25) is 5.88 Å². The molecule has 0 saturated carbocycles. The topological polar surface area (TPSA) is 48.1 Å². The quantitative estimate of drug-likeness (QED) is 0.484. The average Bonchev–Trinajstić information content (AvgIpc) is 2.44. The van der Waals surface area contributed by atoms with Crippen LogP contribution in [-0.2, 0) is 6.42 Å². The van der Waals surface area contributed by atoms with Crippen LogP contribution in [0.1, 0.15) is 11.1 Å². The van der Waals surface area contributed by atoms with Crippen molar-refractivity contribution in [3.63, 3.8) is 0 Å². The maximum Gasteiger partial charge on any atom is 0.222 e. The highest BCUT2D eigenvalue weighted by atomic mass is 16.5. The first-order chi connectivity index (χ1) is 9.31. The van der Waals surface area contributed by atoms with E-state index in [9.17, 15) is 0 Å². The van der Waals surface area contributed by atoms with Gasteiger partial charge in [0.25, 0.3) is 0 Å². The number of anilines is 1. The van der Waals surface area contributed by atoms with Crippen LogP contribution in [-0.4, -0.2) is 4.98 Å². The third-order valence-electron chi connectivity index (χ3n) is 3.54. The molecule has 3 aromatic rings. The van der Waals surface area contributed by atoms with Crippen LogP contribution in [0.3, 0.4) is 0 Å². The van der Waals surface area contributed by atoms with Crippen LogP contribution in [0.2, 0.25) is 0 Å². The van der Waals surface area contributed by atoms with E-state index >= 15 is 0 Å². The minimum Gasteiger partial charge on any atom is -0.438 e. The first-order valence-corrected chi connectivity index (χ1v) is 6.24. The fraction of sp³-hybridized carbons (Fsp3) is 0.0625. The highest BCUT2D eigenvalue weighted by Gasteiger charge is 2.19. The Kier molecular flexibility index (Phi) is 2.03. The molecule has 0 aliphatic carbocycles. The highest BCUT2D eigenvalue weighted by molar-refractivity contribution is 5.90. The molecule has 2 aromatic carbocycles. The molecule has 19 heavy (non-hydrogen) atoms. The molecule has 0 bridgehead atoms. The van der Waals surface area contributed by atoms with Gasteiger partial charge in [-0.15, -0.1) is 0 Å². The first-order valence-electron chi connectivity index (χ1n) is 6.24. The van der Waals surface area contributed by atoms with Gasteiger partial charge in [-0.1, -0.05) is 18.2 Å². The van der Waals surface area contributed by atoms with Crippen molar-refractivity contribution in [3.05, 3.63) is 59.8 Å². The molecule has 0 radical (unpaired) electrons. The lowest BCUT2D eigenvalue weighted by Crippen LogP contribution is -2.05. The Labute approximate surface area is 110 Å². The summed E-state index contributed by atoms with van der Waals surface area (Å²) in [5.41, 5.74) is 8.95. The summed E-state index contributed by atoms with van der Waals surface area (Å²) < 4.78 is 5.87. The van der Waals surface area contributed by atoms with Crippen molar-refractivity contribution < 1.29 is 4.74 Å². The molecule has 1 aliphatic rings. The second-order valence-corrected chi connectivity index (χ2v) is 4.77. The molecule has 2 N–H and O–H groups in total. The average molecular weight is 248 g/mol. The fourth-order valence-corrected chi connectivity index (χ4v) is 2.62. The lowest BCUT2D eigenvalue weighted by atomic mass is 9.96. The van der Waals surface area contributed by atoms with E-state index < -0.39 is 0 Å². The standard InChI is InChI=1S/C16H12N2O/c17-12-4-5-13-10(8-12)3-6-15-14(13)9-11-2-1-7-18-16(11)19-15/h1-8H,9,17H2. The maximum absolute atomic E-state index is 5.87. The number of rotatable bonds is 0. The number of nitrogens with two attached hydrogens (primary N) is 1. The number of aromatic nitrogens is 1. The molecular formula is C16H12N2O. The van der Waals surface area contributed by atoms with E-state index in [4.69, 9.17) is 10.5 Å². The van der Waals surface area contributed by atoms with Gasteiger partial charge >= 0.3 is 0 Å². The third-order valence-corrected chi connectivity index (χ3v) is 3.54. The Morgan fingerprint density at radius 1 is 1.11 bits per heavy atom. The van der Waals surface area contributed by atoms with Crippen LogP contribution in [0.5, 0.6) is 11.6 Å². The van der Waals surface area contributed by atoms with Gasteiger partial charge in [-0.3, -0.25) is 0 Å². The molecule has 3 heteroatoms. The molecule has 4 rings (SSSR count). The summed E-state index contributed by atoms with van der Waals surface area (Å²) in [4.78, 5) is 4.27. The molecular weight excluding hydrogens is 236 g/mol. The summed E-state index contributed by atoms with van der Waals surface area (Å²) in [6, 6.07) is 14.0. The highest BCUT2D eigenvalue weighted by Crippen LogP contribution is 2.39. The van der Waals surface area contributed by atoms with Crippen molar-refractivity contribution in [2.24, 2.45) is 0 Å². The second-order valence-electron chi connectivity index (χ2n) is 4.77. The number of nitrogens with zero attached hydrogens (tertiary/aromatic N) is 1. The van der Waals surface area contributed by atoms with Crippen molar-refractivity contribution in [1.29, 1.82) is 0 Å². The number of pyridine rings is 1. The maximum atomic E-state index is 5.87. The molecule has 0 atom stereocenters. The number of hydrogen-bond acceptors (Lipinski definition) is 3. The largest absolute Gasteiger partial charge is 0.438 e. The van der Waals surface area contributed by atoms with E-state index in [1.54, 1.807) is 6.20 Å². The summed E-state index contributed by atoms with van der Waals surface area (Å²) in [6.07, 6.45) is 2.60. The molecule has 0 unspecified atom stereocenters. The van der Waals surface area contributed by atoms with Crippen LogP contribution >= 0.6 is 0 Å². The van der Waals surface area contributed by atoms with E-state index in [0.717, 1.165) is 28.8 Å². The molecule has 3 nitrogen and oxygen atoms in total. The number of fused-ring (bicyclic) bond motifs is 4. The van der Waals surface area contributed by atoms with E-state index in [-0.39, 0.29) is 0 Å². The lowest BCUT2D eigenvalue weighted by molar-refractivity contribution is 0.442. The van der Waals surface area contributed by atoms with Gasteiger partial charge < -0.3 is 10.5 Å². The van der Waals surface area contributed by atoms with Gasteiger partial charge in [-0.25, -0.2) is 4.98 Å². The molecule has 0 fully saturated rings.